The summed E-state index contributed by atoms with van der Waals surface area (Å²) in [5.74, 6) is 0.0659. The average molecular weight is 331 g/mol. The quantitative estimate of drug-likeness (QED) is 0.663. The SMILES string of the molecule is COC(=O)[C@H]1CNC[C@@H]1c1ccccc1I. The van der Waals surface area contributed by atoms with Gasteiger partial charge in [-0.2, -0.15) is 0 Å². The van der Waals surface area contributed by atoms with Gasteiger partial charge >= 0.3 is 5.97 Å². The fraction of sp³-hybridized carbons (Fsp3) is 0.417. The summed E-state index contributed by atoms with van der Waals surface area (Å²) >= 11 is 2.32. The number of halogens is 1. The Bertz CT molecular complexity index is 394. The third-order valence-electron chi connectivity index (χ3n) is 3.02. The zero-order chi connectivity index (χ0) is 11.5. The van der Waals surface area contributed by atoms with Crippen LogP contribution in [0.3, 0.4) is 0 Å². The number of benzene rings is 1. The molecule has 0 amide bonds. The molecule has 1 heterocycles. The summed E-state index contributed by atoms with van der Waals surface area (Å²) in [5, 5.41) is 3.26. The highest BCUT2D eigenvalue weighted by molar-refractivity contribution is 14.1. The fourth-order valence-electron chi connectivity index (χ4n) is 2.18. The Hall–Kier alpha value is -0.620. The second-order valence-electron chi connectivity index (χ2n) is 3.92. The summed E-state index contributed by atoms with van der Waals surface area (Å²) in [6, 6.07) is 8.20. The number of nitrogens with one attached hydrogen (secondary N) is 1. The van der Waals surface area contributed by atoms with Crippen LogP contribution in [0.1, 0.15) is 11.5 Å². The Morgan fingerprint density at radius 1 is 1.44 bits per heavy atom. The van der Waals surface area contributed by atoms with E-state index in [4.69, 9.17) is 4.74 Å². The molecule has 1 aliphatic rings. The minimum Gasteiger partial charge on any atom is -0.469 e. The Balaban J connectivity index is 2.27. The van der Waals surface area contributed by atoms with E-state index in [0.29, 0.717) is 6.54 Å². The van der Waals surface area contributed by atoms with Gasteiger partial charge in [-0.05, 0) is 34.2 Å². The summed E-state index contributed by atoms with van der Waals surface area (Å²) in [7, 11) is 1.45. The summed E-state index contributed by atoms with van der Waals surface area (Å²) in [6.07, 6.45) is 0. The van der Waals surface area contributed by atoms with E-state index in [0.717, 1.165) is 6.54 Å². The van der Waals surface area contributed by atoms with Gasteiger partial charge < -0.3 is 10.1 Å². The van der Waals surface area contributed by atoms with E-state index in [9.17, 15) is 4.79 Å². The van der Waals surface area contributed by atoms with E-state index in [1.54, 1.807) is 0 Å². The topological polar surface area (TPSA) is 38.3 Å². The first-order chi connectivity index (χ1) is 7.74. The molecule has 0 spiro atoms. The Labute approximate surface area is 109 Å². The van der Waals surface area contributed by atoms with Crippen molar-refractivity contribution in [1.29, 1.82) is 0 Å². The van der Waals surface area contributed by atoms with Crippen LogP contribution < -0.4 is 5.32 Å². The van der Waals surface area contributed by atoms with Gasteiger partial charge in [0.05, 0.1) is 13.0 Å². The number of rotatable bonds is 2. The summed E-state index contributed by atoms with van der Waals surface area (Å²) < 4.78 is 6.06. The van der Waals surface area contributed by atoms with Crippen molar-refractivity contribution < 1.29 is 9.53 Å². The molecule has 2 rings (SSSR count). The molecular formula is C12H14INO2. The normalized spacial score (nSPS) is 24.4. The molecule has 1 N–H and O–H groups in total. The highest BCUT2D eigenvalue weighted by atomic mass is 127. The van der Waals surface area contributed by atoms with Crippen LogP contribution in [0.4, 0.5) is 0 Å². The average Bonchev–Trinajstić information content (AvgIpc) is 2.77. The predicted octanol–water partition coefficient (Wildman–Crippen LogP) is 1.77. The predicted molar refractivity (Wildman–Crippen MR) is 70.3 cm³/mol. The van der Waals surface area contributed by atoms with E-state index in [1.807, 2.05) is 12.1 Å². The maximum Gasteiger partial charge on any atom is 0.310 e. The van der Waals surface area contributed by atoms with Gasteiger partial charge in [-0.3, -0.25) is 4.79 Å². The van der Waals surface area contributed by atoms with Gasteiger partial charge in [0.1, 0.15) is 0 Å². The van der Waals surface area contributed by atoms with E-state index >= 15 is 0 Å². The number of methoxy groups -OCH3 is 1. The summed E-state index contributed by atoms with van der Waals surface area (Å²) in [6.45, 7) is 1.56. The van der Waals surface area contributed by atoms with Crippen LogP contribution in [0.25, 0.3) is 0 Å². The van der Waals surface area contributed by atoms with Crippen LogP contribution in [-0.4, -0.2) is 26.2 Å². The molecule has 1 fully saturated rings. The molecule has 0 aliphatic carbocycles. The monoisotopic (exact) mass is 331 g/mol. The first-order valence-electron chi connectivity index (χ1n) is 5.27. The minimum absolute atomic E-state index is 0.0547. The molecule has 0 unspecified atom stereocenters. The van der Waals surface area contributed by atoms with E-state index < -0.39 is 0 Å². The van der Waals surface area contributed by atoms with Gasteiger partial charge in [0.2, 0.25) is 0 Å². The van der Waals surface area contributed by atoms with Crippen molar-refractivity contribution in [3.8, 4) is 0 Å². The van der Waals surface area contributed by atoms with Gasteiger partial charge in [0, 0.05) is 22.6 Å². The van der Waals surface area contributed by atoms with Crippen molar-refractivity contribution >= 4 is 28.6 Å². The third kappa shape index (κ3) is 2.22. The maximum absolute atomic E-state index is 11.6. The number of esters is 1. The molecule has 1 saturated heterocycles. The lowest BCUT2D eigenvalue weighted by Crippen LogP contribution is -2.23. The highest BCUT2D eigenvalue weighted by Crippen LogP contribution is 2.31. The zero-order valence-corrected chi connectivity index (χ0v) is 11.2. The van der Waals surface area contributed by atoms with E-state index in [-0.39, 0.29) is 17.8 Å². The van der Waals surface area contributed by atoms with Gasteiger partial charge in [-0.25, -0.2) is 0 Å². The number of ether oxygens (including phenoxy) is 1. The lowest BCUT2D eigenvalue weighted by molar-refractivity contribution is -0.145. The van der Waals surface area contributed by atoms with Crippen LogP contribution in [-0.2, 0) is 9.53 Å². The van der Waals surface area contributed by atoms with Crippen molar-refractivity contribution in [2.45, 2.75) is 5.92 Å². The highest BCUT2D eigenvalue weighted by Gasteiger charge is 2.35. The van der Waals surface area contributed by atoms with Gasteiger partial charge in [-0.15, -0.1) is 0 Å². The molecule has 0 aromatic heterocycles. The molecule has 86 valence electrons. The van der Waals surface area contributed by atoms with Crippen LogP contribution in [0.15, 0.2) is 24.3 Å². The van der Waals surface area contributed by atoms with E-state index in [2.05, 4.69) is 40.0 Å². The molecule has 2 atom stereocenters. The van der Waals surface area contributed by atoms with Crippen LogP contribution in [0.2, 0.25) is 0 Å². The van der Waals surface area contributed by atoms with Crippen molar-refractivity contribution in [2.75, 3.05) is 20.2 Å². The fourth-order valence-corrected chi connectivity index (χ4v) is 2.97. The van der Waals surface area contributed by atoms with Gasteiger partial charge in [0.15, 0.2) is 0 Å². The summed E-state index contributed by atoms with van der Waals surface area (Å²) in [4.78, 5) is 11.6. The smallest absolute Gasteiger partial charge is 0.310 e. The number of carbonyl (C=O) groups is 1. The first kappa shape index (κ1) is 11.9. The van der Waals surface area contributed by atoms with Gasteiger partial charge in [0.25, 0.3) is 0 Å². The number of hydrogen-bond acceptors (Lipinski definition) is 3. The van der Waals surface area contributed by atoms with Crippen LogP contribution >= 0.6 is 22.6 Å². The largest absolute Gasteiger partial charge is 0.469 e. The molecule has 3 nitrogen and oxygen atoms in total. The van der Waals surface area contributed by atoms with E-state index in [1.165, 1.54) is 16.2 Å². The second-order valence-corrected chi connectivity index (χ2v) is 5.08. The zero-order valence-electron chi connectivity index (χ0n) is 9.07. The van der Waals surface area contributed by atoms with Crippen LogP contribution in [0, 0.1) is 9.49 Å². The lowest BCUT2D eigenvalue weighted by Gasteiger charge is -2.17. The molecule has 0 saturated carbocycles. The standard InChI is InChI=1S/C12H14INO2/c1-16-12(15)10-7-14-6-9(10)8-4-2-3-5-11(8)13/h2-5,9-10,14H,6-7H2,1H3/t9-,10+/m1/s1. The van der Waals surface area contributed by atoms with Crippen LogP contribution in [0.5, 0.6) is 0 Å². The Morgan fingerprint density at radius 3 is 2.88 bits per heavy atom. The second kappa shape index (κ2) is 5.14. The maximum atomic E-state index is 11.6. The Morgan fingerprint density at radius 2 is 2.19 bits per heavy atom. The third-order valence-corrected chi connectivity index (χ3v) is 4.01. The Kier molecular flexibility index (Phi) is 3.81. The van der Waals surface area contributed by atoms with Gasteiger partial charge in [-0.1, -0.05) is 18.2 Å². The number of hydrogen-bond donors (Lipinski definition) is 1. The summed E-state index contributed by atoms with van der Waals surface area (Å²) in [5.41, 5.74) is 1.24. The minimum atomic E-state index is -0.116. The van der Waals surface area contributed by atoms with Crippen molar-refractivity contribution in [3.63, 3.8) is 0 Å². The van der Waals surface area contributed by atoms with Crippen molar-refractivity contribution in [1.82, 2.24) is 5.32 Å². The van der Waals surface area contributed by atoms with Crippen molar-refractivity contribution in [3.05, 3.63) is 33.4 Å². The number of carbonyl (C=O) groups excluding carboxylic acids is 1. The molecular weight excluding hydrogens is 317 g/mol. The first-order valence-corrected chi connectivity index (χ1v) is 6.35. The molecule has 0 radical (unpaired) electrons. The lowest BCUT2D eigenvalue weighted by atomic mass is 9.89. The molecule has 1 aromatic carbocycles. The molecule has 4 heteroatoms. The molecule has 16 heavy (non-hydrogen) atoms. The molecule has 1 aromatic rings. The van der Waals surface area contributed by atoms with Crippen molar-refractivity contribution in [2.24, 2.45) is 5.92 Å². The molecule has 0 bridgehead atoms. The molecule has 1 aliphatic heterocycles.